The molecule has 1 aliphatic carbocycles. The van der Waals surface area contributed by atoms with Crippen molar-refractivity contribution in [3.63, 3.8) is 0 Å². The first-order valence-electron chi connectivity index (χ1n) is 4.54. The van der Waals surface area contributed by atoms with Crippen LogP contribution in [0.2, 0.25) is 0 Å². The summed E-state index contributed by atoms with van der Waals surface area (Å²) in [5.41, 5.74) is 1.46. The van der Waals surface area contributed by atoms with E-state index >= 15 is 0 Å². The van der Waals surface area contributed by atoms with Crippen molar-refractivity contribution in [1.29, 1.82) is 0 Å². The molecule has 0 aromatic carbocycles. The molecule has 0 atom stereocenters. The van der Waals surface area contributed by atoms with E-state index in [1.165, 1.54) is 0 Å². The largest absolute Gasteiger partial charge is 1.00 e. The van der Waals surface area contributed by atoms with E-state index in [1.54, 1.807) is 6.20 Å². The number of ketones is 1. The summed E-state index contributed by atoms with van der Waals surface area (Å²) in [7, 11) is 0. The molecule has 74 valence electrons. The Morgan fingerprint density at radius 2 is 2.07 bits per heavy atom. The van der Waals surface area contributed by atoms with E-state index in [2.05, 4.69) is 23.8 Å². The first-order chi connectivity index (χ1) is 6.48. The summed E-state index contributed by atoms with van der Waals surface area (Å²) >= 11 is 4.88. The summed E-state index contributed by atoms with van der Waals surface area (Å²) in [6, 6.07) is 0. The fourth-order valence-corrected chi connectivity index (χ4v) is 1.98. The zero-order valence-corrected chi connectivity index (χ0v) is 13.1. The molecule has 0 bridgehead atoms. The van der Waals surface area contributed by atoms with Crippen molar-refractivity contribution in [2.45, 2.75) is 31.8 Å². The minimum absolute atomic E-state index is 0. The Labute approximate surface area is 137 Å². The standard InChI is InChI=1S/C10H12N2OS.K/c1-10(2)3-7-6(8(13)4-10)5-11-9(14)12-7;/h5H,3-4H2,1-2H3,(H,11,12,14);/q;+1/p-1. The van der Waals surface area contributed by atoms with Gasteiger partial charge in [-0.1, -0.05) is 13.8 Å². The third-order valence-corrected chi connectivity index (χ3v) is 2.63. The van der Waals surface area contributed by atoms with Crippen molar-refractivity contribution < 1.29 is 56.2 Å². The molecule has 0 aliphatic heterocycles. The molecule has 0 amide bonds. The Morgan fingerprint density at radius 3 is 2.73 bits per heavy atom. The topological polar surface area (TPSA) is 42.9 Å². The number of Topliss-reactive ketones (excluding diaryl/α,β-unsaturated/α-hetero) is 1. The fraction of sp³-hybridized carbons (Fsp3) is 0.500. The summed E-state index contributed by atoms with van der Waals surface area (Å²) in [4.78, 5) is 19.7. The molecule has 2 rings (SSSR count). The predicted molar refractivity (Wildman–Crippen MR) is 54.1 cm³/mol. The van der Waals surface area contributed by atoms with Crippen LogP contribution in [0, 0.1) is 5.41 Å². The molecule has 1 aromatic heterocycles. The molecule has 0 saturated carbocycles. The van der Waals surface area contributed by atoms with E-state index in [9.17, 15) is 4.79 Å². The Bertz CT molecular complexity index is 406. The molecule has 1 heterocycles. The van der Waals surface area contributed by atoms with Gasteiger partial charge in [0.05, 0.1) is 11.3 Å². The Kier molecular flexibility index (Phi) is 4.42. The van der Waals surface area contributed by atoms with Crippen LogP contribution in [-0.2, 0) is 19.0 Å². The van der Waals surface area contributed by atoms with Crippen molar-refractivity contribution in [2.24, 2.45) is 5.41 Å². The number of fused-ring (bicyclic) bond motifs is 1. The molecular formula is C10H11KN2OS. The molecule has 0 radical (unpaired) electrons. The van der Waals surface area contributed by atoms with E-state index in [0.29, 0.717) is 17.1 Å². The van der Waals surface area contributed by atoms with Gasteiger partial charge in [-0.3, -0.25) is 14.8 Å². The van der Waals surface area contributed by atoms with Gasteiger partial charge in [0, 0.05) is 17.8 Å². The smallest absolute Gasteiger partial charge is 0.740 e. The minimum atomic E-state index is 0. The maximum absolute atomic E-state index is 11.7. The normalized spacial score (nSPS) is 17.9. The maximum atomic E-state index is 11.7. The molecule has 1 aliphatic rings. The maximum Gasteiger partial charge on any atom is 1.00 e. The number of aromatic nitrogens is 2. The van der Waals surface area contributed by atoms with Gasteiger partial charge in [0.25, 0.3) is 0 Å². The van der Waals surface area contributed by atoms with Gasteiger partial charge in [0.1, 0.15) is 0 Å². The number of hydrogen-bond acceptors (Lipinski definition) is 4. The molecule has 1 aromatic rings. The average molecular weight is 246 g/mol. The first kappa shape index (κ1) is 13.7. The summed E-state index contributed by atoms with van der Waals surface area (Å²) in [5.74, 6) is 0.131. The Balaban J connectivity index is 0.00000112. The zero-order chi connectivity index (χ0) is 10.3. The summed E-state index contributed by atoms with van der Waals surface area (Å²) in [6.45, 7) is 4.14. The van der Waals surface area contributed by atoms with Crippen LogP contribution in [-0.4, -0.2) is 15.8 Å². The van der Waals surface area contributed by atoms with Crippen molar-refractivity contribution in [1.82, 2.24) is 9.97 Å². The quantitative estimate of drug-likeness (QED) is 0.319. The predicted octanol–water partition coefficient (Wildman–Crippen LogP) is -1.46. The monoisotopic (exact) mass is 246 g/mol. The summed E-state index contributed by atoms with van der Waals surface area (Å²) in [6.07, 6.45) is 2.93. The second-order valence-corrected chi connectivity index (χ2v) is 4.82. The number of carbonyl (C=O) groups excluding carboxylic acids is 1. The second kappa shape index (κ2) is 4.85. The third kappa shape index (κ3) is 3.05. The van der Waals surface area contributed by atoms with Gasteiger partial charge in [-0.15, -0.1) is 0 Å². The first-order valence-corrected chi connectivity index (χ1v) is 4.95. The SMILES string of the molecule is CC1(C)CC(=O)c2cnc([S-])nc2C1.[K+]. The third-order valence-electron chi connectivity index (χ3n) is 2.43. The van der Waals surface area contributed by atoms with Crippen molar-refractivity contribution in [3.8, 4) is 0 Å². The Morgan fingerprint density at radius 1 is 1.40 bits per heavy atom. The Hall–Kier alpha value is 0.606. The molecule has 0 saturated heterocycles. The number of nitrogens with zero attached hydrogens (tertiary/aromatic N) is 2. The zero-order valence-electron chi connectivity index (χ0n) is 9.20. The van der Waals surface area contributed by atoms with Crippen LogP contribution in [0.25, 0.3) is 0 Å². The molecule has 15 heavy (non-hydrogen) atoms. The molecule has 0 fully saturated rings. The van der Waals surface area contributed by atoms with Gasteiger partial charge >= 0.3 is 51.4 Å². The van der Waals surface area contributed by atoms with Crippen LogP contribution in [0.1, 0.15) is 36.3 Å². The summed E-state index contributed by atoms with van der Waals surface area (Å²) < 4.78 is 0. The molecule has 0 N–H and O–H groups in total. The molecule has 5 heteroatoms. The minimum Gasteiger partial charge on any atom is -0.740 e. The number of hydrogen-bond donors (Lipinski definition) is 0. The van der Waals surface area contributed by atoms with Crippen LogP contribution >= 0.6 is 0 Å². The molecule has 0 unspecified atom stereocenters. The molecule has 3 nitrogen and oxygen atoms in total. The van der Waals surface area contributed by atoms with Gasteiger partial charge in [-0.05, 0) is 11.8 Å². The van der Waals surface area contributed by atoms with Crippen LogP contribution in [0.15, 0.2) is 11.4 Å². The van der Waals surface area contributed by atoms with E-state index in [1.807, 2.05) is 0 Å². The van der Waals surface area contributed by atoms with E-state index in [-0.39, 0.29) is 62.6 Å². The van der Waals surface area contributed by atoms with Crippen LogP contribution < -0.4 is 51.4 Å². The van der Waals surface area contributed by atoms with E-state index in [4.69, 9.17) is 12.6 Å². The average Bonchev–Trinajstić information content (AvgIpc) is 2.00. The number of rotatable bonds is 0. The van der Waals surface area contributed by atoms with E-state index in [0.717, 1.165) is 12.1 Å². The van der Waals surface area contributed by atoms with Crippen molar-refractivity contribution in [3.05, 3.63) is 17.5 Å². The number of carbonyl (C=O) groups is 1. The van der Waals surface area contributed by atoms with E-state index < -0.39 is 0 Å². The van der Waals surface area contributed by atoms with Crippen LogP contribution in [0.3, 0.4) is 0 Å². The van der Waals surface area contributed by atoms with Crippen molar-refractivity contribution >= 4 is 18.4 Å². The fourth-order valence-electron chi connectivity index (χ4n) is 1.81. The van der Waals surface area contributed by atoms with Gasteiger partial charge in [0.15, 0.2) is 5.78 Å². The second-order valence-electron chi connectivity index (χ2n) is 4.45. The van der Waals surface area contributed by atoms with Crippen molar-refractivity contribution in [2.75, 3.05) is 0 Å². The summed E-state index contributed by atoms with van der Waals surface area (Å²) in [5, 5.41) is 0.328. The van der Waals surface area contributed by atoms with Gasteiger partial charge < -0.3 is 12.6 Å². The molecule has 0 spiro atoms. The van der Waals surface area contributed by atoms with Crippen LogP contribution in [0.4, 0.5) is 0 Å². The van der Waals surface area contributed by atoms with Gasteiger partial charge in [-0.2, -0.15) is 0 Å². The molecular weight excluding hydrogens is 235 g/mol. The van der Waals surface area contributed by atoms with Crippen LogP contribution in [0.5, 0.6) is 0 Å². The van der Waals surface area contributed by atoms with Gasteiger partial charge in [0.2, 0.25) is 0 Å². The van der Waals surface area contributed by atoms with Gasteiger partial charge in [-0.25, -0.2) is 0 Å².